The zero-order chi connectivity index (χ0) is 27.7. The third kappa shape index (κ3) is 4.41. The molecule has 1 aromatic heterocycles. The molecule has 6 aliphatic rings. The van der Waals surface area contributed by atoms with E-state index < -0.39 is 11.8 Å². The lowest BCUT2D eigenvalue weighted by atomic mass is 9.69. The molecule has 8 rings (SSSR count). The Hall–Kier alpha value is -2.49. The Balaban J connectivity index is 1.16. The summed E-state index contributed by atoms with van der Waals surface area (Å²) >= 11 is 0. The molecule has 0 radical (unpaired) electrons. The zero-order valence-electron chi connectivity index (χ0n) is 24.0. The highest BCUT2D eigenvalue weighted by molar-refractivity contribution is 5.54. The monoisotopic (exact) mass is 563 g/mol. The second-order valence-corrected chi connectivity index (χ2v) is 13.7. The maximum Gasteiger partial charge on any atom is 0.318 e. The van der Waals surface area contributed by atoms with E-state index in [0.29, 0.717) is 45.2 Å². The first kappa shape index (κ1) is 26.2. The van der Waals surface area contributed by atoms with Crippen LogP contribution in [0.2, 0.25) is 0 Å². The Morgan fingerprint density at radius 2 is 2.02 bits per heavy atom. The number of rotatable bonds is 4. The second-order valence-electron chi connectivity index (χ2n) is 13.7. The number of benzene rings is 1. The minimum absolute atomic E-state index is 0.204. The summed E-state index contributed by atoms with van der Waals surface area (Å²) in [6.07, 6.45) is 9.17. The first-order valence-electron chi connectivity index (χ1n) is 15.7. The summed E-state index contributed by atoms with van der Waals surface area (Å²) in [5.41, 5.74) is 11.2. The van der Waals surface area contributed by atoms with Gasteiger partial charge in [0.25, 0.3) is 0 Å². The minimum Gasteiger partial charge on any atom is -0.461 e. The van der Waals surface area contributed by atoms with Crippen molar-refractivity contribution in [1.82, 2.24) is 14.9 Å². The summed E-state index contributed by atoms with van der Waals surface area (Å²) in [4.78, 5) is 14.9. The lowest BCUT2D eigenvalue weighted by Gasteiger charge is -2.45. The normalized spacial score (nSPS) is 32.3. The van der Waals surface area contributed by atoms with Gasteiger partial charge in [-0.25, -0.2) is 4.39 Å². The van der Waals surface area contributed by atoms with Gasteiger partial charge in [0, 0.05) is 49.1 Å². The zero-order valence-corrected chi connectivity index (χ0v) is 24.0. The molecule has 3 atom stereocenters. The molecule has 4 aliphatic heterocycles. The van der Waals surface area contributed by atoms with Crippen LogP contribution in [0.3, 0.4) is 0 Å². The van der Waals surface area contributed by atoms with Crippen molar-refractivity contribution in [3.63, 3.8) is 0 Å². The fourth-order valence-corrected chi connectivity index (χ4v) is 8.72. The summed E-state index contributed by atoms with van der Waals surface area (Å²) in [5.74, 6) is 0.927. The Labute approximate surface area is 241 Å². The topological polar surface area (TPSA) is 86.0 Å². The number of alkyl halides is 1. The summed E-state index contributed by atoms with van der Waals surface area (Å²) in [5, 5.41) is 0. The van der Waals surface area contributed by atoms with Crippen molar-refractivity contribution < 1.29 is 18.6 Å². The van der Waals surface area contributed by atoms with Crippen molar-refractivity contribution in [2.24, 2.45) is 5.41 Å². The molecule has 0 amide bonds. The number of nitrogens with zero attached hydrogens (tertiary/aromatic N) is 4. The molecule has 1 saturated carbocycles. The number of aromatic nitrogens is 2. The van der Waals surface area contributed by atoms with E-state index in [1.54, 1.807) is 0 Å². The number of fused-ring (bicyclic) bond motifs is 4. The van der Waals surface area contributed by atoms with E-state index in [9.17, 15) is 4.39 Å². The third-order valence-electron chi connectivity index (χ3n) is 11.0. The van der Waals surface area contributed by atoms with Gasteiger partial charge in [0.1, 0.15) is 18.6 Å². The number of nitrogen functional groups attached to an aromatic ring is 1. The van der Waals surface area contributed by atoms with Gasteiger partial charge < -0.3 is 24.8 Å². The van der Waals surface area contributed by atoms with E-state index in [2.05, 4.69) is 21.9 Å². The highest BCUT2D eigenvalue weighted by Gasteiger charge is 2.50. The molecule has 9 heteroatoms. The molecule has 5 heterocycles. The van der Waals surface area contributed by atoms with Gasteiger partial charge in [-0.3, -0.25) is 4.90 Å². The van der Waals surface area contributed by atoms with Crippen molar-refractivity contribution in [1.29, 1.82) is 0 Å². The average molecular weight is 564 g/mol. The predicted octanol–water partition coefficient (Wildman–Crippen LogP) is 4.33. The van der Waals surface area contributed by atoms with Gasteiger partial charge in [-0.1, -0.05) is 12.5 Å². The van der Waals surface area contributed by atoms with E-state index in [-0.39, 0.29) is 11.0 Å². The van der Waals surface area contributed by atoms with Crippen LogP contribution < -0.4 is 15.4 Å². The maximum absolute atomic E-state index is 14.5. The molecule has 41 heavy (non-hydrogen) atoms. The number of hydrogen-bond donors (Lipinski definition) is 1. The Bertz CT molecular complexity index is 1340. The summed E-state index contributed by atoms with van der Waals surface area (Å²) in [6, 6.07) is 6.67. The third-order valence-corrected chi connectivity index (χ3v) is 11.0. The van der Waals surface area contributed by atoms with Gasteiger partial charge in [0.15, 0.2) is 0 Å². The first-order valence-corrected chi connectivity index (χ1v) is 15.7. The van der Waals surface area contributed by atoms with Crippen LogP contribution in [0, 0.1) is 5.41 Å². The molecule has 8 nitrogen and oxygen atoms in total. The fraction of sp³-hybridized carbons (Fsp3) is 0.688. The lowest BCUT2D eigenvalue weighted by molar-refractivity contribution is -0.0855. The number of nitrogens with two attached hydrogens (primary N) is 1. The molecule has 2 aromatic rings. The van der Waals surface area contributed by atoms with Crippen LogP contribution in [0.5, 0.6) is 6.01 Å². The molecular weight excluding hydrogens is 521 g/mol. The SMILES string of the molecule is Nc1ccc2c(c1)C1(CCC2)Cc2nc(OCC34CCCN3CC(F)C4)nc(N3CCOCC4(CCC4)C3)c2CO1. The average Bonchev–Trinajstić information content (AvgIpc) is 3.36. The summed E-state index contributed by atoms with van der Waals surface area (Å²) in [7, 11) is 0. The van der Waals surface area contributed by atoms with Crippen LogP contribution in [0.25, 0.3) is 0 Å². The first-order chi connectivity index (χ1) is 19.9. The number of ether oxygens (including phenoxy) is 3. The van der Waals surface area contributed by atoms with Crippen molar-refractivity contribution >= 4 is 11.5 Å². The van der Waals surface area contributed by atoms with Gasteiger partial charge in [-0.2, -0.15) is 9.97 Å². The van der Waals surface area contributed by atoms with Crippen LogP contribution >= 0.6 is 0 Å². The van der Waals surface area contributed by atoms with Crippen LogP contribution in [-0.2, 0) is 34.5 Å². The van der Waals surface area contributed by atoms with Gasteiger partial charge in [0.05, 0.1) is 36.7 Å². The smallest absolute Gasteiger partial charge is 0.318 e. The molecule has 2 N–H and O–H groups in total. The molecular formula is C32H42FN5O3. The molecule has 2 aliphatic carbocycles. The Morgan fingerprint density at radius 1 is 1.10 bits per heavy atom. The fourth-order valence-electron chi connectivity index (χ4n) is 8.72. The van der Waals surface area contributed by atoms with Gasteiger partial charge in [-0.15, -0.1) is 0 Å². The standard InChI is InChI=1S/C32H42FN5O3/c33-23-15-31(9-3-11-38(31)17-23)21-40-29-35-27-16-32(10-1-4-22-5-6-24(34)14-26(22)32)41-18-25(27)28(36-29)37-12-13-39-20-30(19-37)7-2-8-30/h5-6,14,23H,1-4,7-13,15-21,34H2. The molecule has 4 fully saturated rings. The largest absolute Gasteiger partial charge is 0.461 e. The molecule has 2 spiro atoms. The highest BCUT2D eigenvalue weighted by atomic mass is 19.1. The van der Waals surface area contributed by atoms with Crippen molar-refractivity contribution in [2.75, 3.05) is 56.6 Å². The van der Waals surface area contributed by atoms with Crippen LogP contribution in [0.1, 0.15) is 73.8 Å². The Morgan fingerprint density at radius 3 is 2.90 bits per heavy atom. The molecule has 3 saturated heterocycles. The van der Waals surface area contributed by atoms with E-state index in [1.165, 1.54) is 30.4 Å². The molecule has 3 unspecified atom stereocenters. The van der Waals surface area contributed by atoms with Crippen molar-refractivity contribution in [2.45, 2.75) is 88.1 Å². The number of halogens is 1. The van der Waals surface area contributed by atoms with E-state index in [0.717, 1.165) is 81.1 Å². The molecule has 0 bridgehead atoms. The number of anilines is 2. The van der Waals surface area contributed by atoms with Gasteiger partial charge >= 0.3 is 6.01 Å². The van der Waals surface area contributed by atoms with Crippen LogP contribution in [-0.4, -0.2) is 72.6 Å². The van der Waals surface area contributed by atoms with Crippen LogP contribution in [0.15, 0.2) is 18.2 Å². The molecule has 220 valence electrons. The Kier molecular flexibility index (Phi) is 6.24. The second kappa shape index (κ2) is 9.78. The van der Waals surface area contributed by atoms with Crippen LogP contribution in [0.4, 0.5) is 15.9 Å². The number of hydrogen-bond acceptors (Lipinski definition) is 8. The van der Waals surface area contributed by atoms with E-state index in [1.807, 2.05) is 6.07 Å². The van der Waals surface area contributed by atoms with E-state index in [4.69, 9.17) is 29.9 Å². The van der Waals surface area contributed by atoms with Crippen molar-refractivity contribution in [3.05, 3.63) is 40.6 Å². The van der Waals surface area contributed by atoms with Gasteiger partial charge in [-0.05, 0) is 74.8 Å². The van der Waals surface area contributed by atoms with Crippen molar-refractivity contribution in [3.8, 4) is 6.01 Å². The highest BCUT2D eigenvalue weighted by Crippen LogP contribution is 2.48. The van der Waals surface area contributed by atoms with E-state index >= 15 is 0 Å². The number of aryl methyl sites for hydroxylation is 1. The summed E-state index contributed by atoms with van der Waals surface area (Å²) in [6.45, 7) is 5.57. The molecule has 1 aromatic carbocycles. The lowest BCUT2D eigenvalue weighted by Crippen LogP contribution is -2.45. The maximum atomic E-state index is 14.5. The summed E-state index contributed by atoms with van der Waals surface area (Å²) < 4.78 is 33.9. The quantitative estimate of drug-likeness (QED) is 0.551. The van der Waals surface area contributed by atoms with Gasteiger partial charge in [0.2, 0.25) is 0 Å². The predicted molar refractivity (Wildman–Crippen MR) is 154 cm³/mol. The minimum atomic E-state index is -0.787.